The summed E-state index contributed by atoms with van der Waals surface area (Å²) in [7, 11) is 0. The number of halogens is 1. The van der Waals surface area contributed by atoms with Crippen molar-refractivity contribution in [1.82, 2.24) is 0 Å². The van der Waals surface area contributed by atoms with Crippen LogP contribution in [-0.2, 0) is 0 Å². The molecule has 1 aliphatic rings. The summed E-state index contributed by atoms with van der Waals surface area (Å²) in [4.78, 5) is 0. The van der Waals surface area contributed by atoms with Crippen molar-refractivity contribution >= 4 is 16.6 Å². The Labute approximate surface area is 98.8 Å². The van der Waals surface area contributed by atoms with Crippen LogP contribution in [0.2, 0.25) is 0 Å². The van der Waals surface area contributed by atoms with Crippen molar-refractivity contribution in [2.24, 2.45) is 0 Å². The number of fused-ring (bicyclic) bond motifs is 1. The van der Waals surface area contributed by atoms with Gasteiger partial charge in [-0.05, 0) is 19.1 Å². The van der Waals surface area contributed by atoms with E-state index >= 15 is 0 Å². The summed E-state index contributed by atoms with van der Waals surface area (Å²) < 4.78 is 11.0. The Morgan fingerprint density at radius 3 is 2.88 bits per heavy atom. The second-order valence-corrected chi connectivity index (χ2v) is 3.76. The van der Waals surface area contributed by atoms with Crippen LogP contribution in [-0.4, -0.2) is 13.2 Å². The van der Waals surface area contributed by atoms with Crippen LogP contribution in [0, 0.1) is 11.3 Å². The Morgan fingerprint density at radius 1 is 1.38 bits per heavy atom. The highest BCUT2D eigenvalue weighted by Crippen LogP contribution is 2.39. The second kappa shape index (κ2) is 4.46. The third kappa shape index (κ3) is 1.84. The molecule has 1 heterocycles. The number of allylic oxidation sites excluding steroid dienone is 1. The van der Waals surface area contributed by atoms with E-state index in [-0.39, 0.29) is 0 Å². The minimum Gasteiger partial charge on any atom is -0.486 e. The van der Waals surface area contributed by atoms with Gasteiger partial charge in [-0.25, -0.2) is 0 Å². The summed E-state index contributed by atoms with van der Waals surface area (Å²) in [6.07, 6.45) is 0. The van der Waals surface area contributed by atoms with Crippen molar-refractivity contribution in [2.45, 2.75) is 6.92 Å². The largest absolute Gasteiger partial charge is 0.486 e. The van der Waals surface area contributed by atoms with Crippen molar-refractivity contribution in [2.75, 3.05) is 13.2 Å². The number of rotatable bonds is 1. The van der Waals surface area contributed by atoms with Crippen molar-refractivity contribution in [1.29, 1.82) is 5.26 Å². The zero-order valence-electron chi connectivity index (χ0n) is 8.79. The number of para-hydroxylation sites is 1. The van der Waals surface area contributed by atoms with Gasteiger partial charge < -0.3 is 9.47 Å². The molecule has 2 rings (SSSR count). The maximum absolute atomic E-state index is 8.81. The van der Waals surface area contributed by atoms with Crippen LogP contribution in [0.1, 0.15) is 12.5 Å². The van der Waals surface area contributed by atoms with E-state index in [0.717, 1.165) is 0 Å². The molecule has 0 aliphatic carbocycles. The lowest BCUT2D eigenvalue weighted by Gasteiger charge is -2.20. The van der Waals surface area contributed by atoms with Gasteiger partial charge in [0.2, 0.25) is 0 Å². The van der Waals surface area contributed by atoms with E-state index in [1.54, 1.807) is 6.92 Å². The van der Waals surface area contributed by atoms with Gasteiger partial charge >= 0.3 is 0 Å². The van der Waals surface area contributed by atoms with Crippen LogP contribution in [0.5, 0.6) is 11.5 Å². The van der Waals surface area contributed by atoms with E-state index in [2.05, 4.69) is 0 Å². The Balaban J connectivity index is 2.55. The molecule has 4 heteroatoms. The first-order valence-corrected chi connectivity index (χ1v) is 5.27. The van der Waals surface area contributed by atoms with Crippen LogP contribution >= 0.6 is 11.6 Å². The van der Waals surface area contributed by atoms with E-state index < -0.39 is 0 Å². The molecule has 0 spiro atoms. The lowest BCUT2D eigenvalue weighted by molar-refractivity contribution is 0.171. The van der Waals surface area contributed by atoms with Crippen LogP contribution in [0.15, 0.2) is 23.8 Å². The monoisotopic (exact) mass is 235 g/mol. The Kier molecular flexibility index (Phi) is 3.02. The van der Waals surface area contributed by atoms with E-state index in [0.29, 0.717) is 40.9 Å². The lowest BCUT2D eigenvalue weighted by Crippen LogP contribution is -2.16. The number of hydrogen-bond acceptors (Lipinski definition) is 3. The van der Waals surface area contributed by atoms with Gasteiger partial charge in [-0.1, -0.05) is 17.7 Å². The van der Waals surface area contributed by atoms with Gasteiger partial charge in [-0.2, -0.15) is 5.26 Å². The summed E-state index contributed by atoms with van der Waals surface area (Å²) in [6, 6.07) is 7.49. The summed E-state index contributed by atoms with van der Waals surface area (Å²) in [6.45, 7) is 2.71. The molecule has 1 aromatic carbocycles. The first-order valence-electron chi connectivity index (χ1n) is 4.89. The summed E-state index contributed by atoms with van der Waals surface area (Å²) >= 11 is 6.12. The maximum atomic E-state index is 8.81. The molecule has 0 bridgehead atoms. The molecule has 0 amide bonds. The summed E-state index contributed by atoms with van der Waals surface area (Å²) in [5, 5.41) is 9.21. The van der Waals surface area contributed by atoms with Crippen LogP contribution in [0.3, 0.4) is 0 Å². The van der Waals surface area contributed by atoms with Gasteiger partial charge in [0.1, 0.15) is 13.2 Å². The van der Waals surface area contributed by atoms with Crippen LogP contribution < -0.4 is 9.47 Å². The number of hydrogen-bond donors (Lipinski definition) is 0. The van der Waals surface area contributed by atoms with Crippen LogP contribution in [0.25, 0.3) is 5.03 Å². The Bertz CT molecular complexity index is 488. The van der Waals surface area contributed by atoms with Gasteiger partial charge in [0, 0.05) is 11.1 Å². The first-order chi connectivity index (χ1) is 7.74. The molecular formula is C12H10ClNO2. The second-order valence-electron chi connectivity index (χ2n) is 3.38. The fraction of sp³-hybridized carbons (Fsp3) is 0.250. The smallest absolute Gasteiger partial charge is 0.170 e. The summed E-state index contributed by atoms with van der Waals surface area (Å²) in [5.74, 6) is 1.29. The molecule has 0 saturated carbocycles. The molecule has 3 nitrogen and oxygen atoms in total. The zero-order chi connectivity index (χ0) is 11.5. The fourth-order valence-corrected chi connectivity index (χ4v) is 1.69. The molecule has 1 aliphatic heterocycles. The van der Waals surface area contributed by atoms with E-state index in [4.69, 9.17) is 26.3 Å². The third-order valence-electron chi connectivity index (χ3n) is 2.30. The molecular weight excluding hydrogens is 226 g/mol. The Hall–Kier alpha value is -1.66. The SMILES string of the molecule is CC(C#N)=C(Cl)c1cccc2c1OCCO2. The average molecular weight is 236 g/mol. The molecule has 1 aromatic rings. The van der Waals surface area contributed by atoms with Crippen molar-refractivity contribution < 1.29 is 9.47 Å². The van der Waals surface area contributed by atoms with E-state index in [1.807, 2.05) is 24.3 Å². The molecule has 0 unspecified atom stereocenters. The predicted molar refractivity (Wildman–Crippen MR) is 61.5 cm³/mol. The molecule has 16 heavy (non-hydrogen) atoms. The molecule has 0 radical (unpaired) electrons. The van der Waals surface area contributed by atoms with Gasteiger partial charge in [0.05, 0.1) is 11.1 Å². The fourth-order valence-electron chi connectivity index (χ4n) is 1.50. The topological polar surface area (TPSA) is 42.2 Å². The van der Waals surface area contributed by atoms with E-state index in [1.165, 1.54) is 0 Å². The number of nitrogens with zero attached hydrogens (tertiary/aromatic N) is 1. The van der Waals surface area contributed by atoms with Crippen molar-refractivity contribution in [3.8, 4) is 17.6 Å². The predicted octanol–water partition coefficient (Wildman–Crippen LogP) is 2.95. The standard InChI is InChI=1S/C12H10ClNO2/c1-8(7-14)11(13)9-3-2-4-10-12(9)16-6-5-15-10/h2-4H,5-6H2,1H3. The van der Waals surface area contributed by atoms with Gasteiger partial charge in [0.25, 0.3) is 0 Å². The molecule has 82 valence electrons. The first kappa shape index (κ1) is 10.8. The van der Waals surface area contributed by atoms with Crippen LogP contribution in [0.4, 0.5) is 0 Å². The minimum absolute atomic E-state index is 0.407. The van der Waals surface area contributed by atoms with E-state index in [9.17, 15) is 0 Å². The summed E-state index contributed by atoms with van der Waals surface area (Å²) in [5.41, 5.74) is 1.17. The highest BCUT2D eigenvalue weighted by molar-refractivity contribution is 6.49. The molecule has 0 saturated heterocycles. The lowest BCUT2D eigenvalue weighted by atomic mass is 10.1. The molecule has 0 aromatic heterocycles. The van der Waals surface area contributed by atoms with Gasteiger partial charge in [-0.3, -0.25) is 0 Å². The third-order valence-corrected chi connectivity index (χ3v) is 2.79. The highest BCUT2D eigenvalue weighted by atomic mass is 35.5. The quantitative estimate of drug-likeness (QED) is 0.703. The normalized spacial score (nSPS) is 15.1. The molecule has 0 atom stereocenters. The zero-order valence-corrected chi connectivity index (χ0v) is 9.54. The number of benzene rings is 1. The van der Waals surface area contributed by atoms with Gasteiger partial charge in [-0.15, -0.1) is 0 Å². The average Bonchev–Trinajstić information content (AvgIpc) is 2.36. The maximum Gasteiger partial charge on any atom is 0.170 e. The van der Waals surface area contributed by atoms with Gasteiger partial charge in [0.15, 0.2) is 11.5 Å². The Morgan fingerprint density at radius 2 is 2.12 bits per heavy atom. The molecule has 0 N–H and O–H groups in total. The number of nitriles is 1. The highest BCUT2D eigenvalue weighted by Gasteiger charge is 2.18. The minimum atomic E-state index is 0.407. The van der Waals surface area contributed by atoms with Crippen molar-refractivity contribution in [3.05, 3.63) is 29.3 Å². The molecule has 0 fully saturated rings. The van der Waals surface area contributed by atoms with Crippen molar-refractivity contribution in [3.63, 3.8) is 0 Å². The number of ether oxygens (including phenoxy) is 2.